The van der Waals surface area contributed by atoms with Crippen molar-refractivity contribution in [2.24, 2.45) is 0 Å². The van der Waals surface area contributed by atoms with Crippen molar-refractivity contribution in [3.05, 3.63) is 29.3 Å². The lowest BCUT2D eigenvalue weighted by atomic mass is 10.1. The summed E-state index contributed by atoms with van der Waals surface area (Å²) in [5, 5.41) is 9.69. The van der Waals surface area contributed by atoms with E-state index in [4.69, 9.17) is 4.74 Å². The van der Waals surface area contributed by atoms with E-state index >= 15 is 0 Å². The summed E-state index contributed by atoms with van der Waals surface area (Å²) in [5.41, 5.74) is 1.74. The maximum Gasteiger partial charge on any atom is 0.260 e. The van der Waals surface area contributed by atoms with Gasteiger partial charge in [0.05, 0.1) is 6.10 Å². The summed E-state index contributed by atoms with van der Waals surface area (Å²) in [7, 11) is 0. The molecule has 106 valence electrons. The van der Waals surface area contributed by atoms with Gasteiger partial charge in [0.2, 0.25) is 0 Å². The lowest BCUT2D eigenvalue weighted by Crippen LogP contribution is -2.34. The Bertz CT molecular complexity index is 425. The molecule has 0 spiro atoms. The Morgan fingerprint density at radius 3 is 2.53 bits per heavy atom. The molecule has 4 nitrogen and oxygen atoms in total. The third kappa shape index (κ3) is 4.24. The van der Waals surface area contributed by atoms with E-state index in [-0.39, 0.29) is 12.5 Å². The molecule has 1 N–H and O–H groups in total. The number of aryl methyl sites for hydroxylation is 1. The van der Waals surface area contributed by atoms with Gasteiger partial charge in [0.25, 0.3) is 5.91 Å². The summed E-state index contributed by atoms with van der Waals surface area (Å²) >= 11 is 0. The van der Waals surface area contributed by atoms with Crippen molar-refractivity contribution in [2.75, 3.05) is 19.7 Å². The topological polar surface area (TPSA) is 49.8 Å². The van der Waals surface area contributed by atoms with Crippen LogP contribution in [0.5, 0.6) is 5.75 Å². The first-order valence-corrected chi connectivity index (χ1v) is 6.68. The molecule has 0 fully saturated rings. The average Bonchev–Trinajstić information content (AvgIpc) is 2.37. The van der Waals surface area contributed by atoms with Gasteiger partial charge in [0, 0.05) is 18.7 Å². The van der Waals surface area contributed by atoms with Crippen LogP contribution in [-0.4, -0.2) is 35.6 Å². The summed E-state index contributed by atoms with van der Waals surface area (Å²) in [5.74, 6) is 0.540. The Morgan fingerprint density at radius 2 is 2.00 bits per heavy atom. The molecule has 0 aliphatic heterocycles. The number of aliphatic hydroxyl groups excluding tert-OH is 1. The van der Waals surface area contributed by atoms with Crippen molar-refractivity contribution in [3.8, 4) is 5.75 Å². The number of carbonyl (C=O) groups is 1. The van der Waals surface area contributed by atoms with E-state index in [2.05, 4.69) is 0 Å². The first-order valence-electron chi connectivity index (χ1n) is 6.68. The fourth-order valence-corrected chi connectivity index (χ4v) is 1.92. The second-order valence-corrected chi connectivity index (χ2v) is 4.57. The molecule has 0 bridgehead atoms. The van der Waals surface area contributed by atoms with E-state index in [1.165, 1.54) is 0 Å². The molecule has 0 aromatic heterocycles. The van der Waals surface area contributed by atoms with Gasteiger partial charge >= 0.3 is 0 Å². The van der Waals surface area contributed by atoms with Crippen molar-refractivity contribution < 1.29 is 14.6 Å². The molecule has 1 atom stereocenters. The summed E-state index contributed by atoms with van der Waals surface area (Å²) in [6.45, 7) is 8.87. The molecule has 1 aromatic carbocycles. The van der Waals surface area contributed by atoms with Crippen molar-refractivity contribution in [2.45, 2.75) is 33.8 Å². The predicted molar refractivity (Wildman–Crippen MR) is 75.2 cm³/mol. The van der Waals surface area contributed by atoms with Crippen LogP contribution in [0.4, 0.5) is 0 Å². The van der Waals surface area contributed by atoms with Crippen molar-refractivity contribution in [3.63, 3.8) is 0 Å². The number of amides is 1. The Hall–Kier alpha value is -1.55. The van der Waals surface area contributed by atoms with E-state index in [1.807, 2.05) is 39.0 Å². The van der Waals surface area contributed by atoms with Crippen LogP contribution in [0, 0.1) is 6.92 Å². The Balaban J connectivity index is 2.77. The molecule has 0 saturated heterocycles. The zero-order chi connectivity index (χ0) is 14.4. The van der Waals surface area contributed by atoms with E-state index < -0.39 is 6.10 Å². The van der Waals surface area contributed by atoms with Crippen LogP contribution >= 0.6 is 0 Å². The van der Waals surface area contributed by atoms with Gasteiger partial charge in [-0.3, -0.25) is 4.79 Å². The normalized spacial score (nSPS) is 12.1. The Morgan fingerprint density at radius 1 is 1.37 bits per heavy atom. The second kappa shape index (κ2) is 7.14. The molecular formula is C15H23NO3. The fraction of sp³-hybridized carbons (Fsp3) is 0.533. The Kier molecular flexibility index (Phi) is 5.83. The molecule has 0 saturated carbocycles. The van der Waals surface area contributed by atoms with Crippen molar-refractivity contribution in [1.82, 2.24) is 4.90 Å². The van der Waals surface area contributed by atoms with Gasteiger partial charge in [0.1, 0.15) is 5.75 Å². The zero-order valence-corrected chi connectivity index (χ0v) is 12.1. The highest BCUT2D eigenvalue weighted by Crippen LogP contribution is 2.26. The number of rotatable bonds is 6. The molecule has 1 amide bonds. The highest BCUT2D eigenvalue weighted by atomic mass is 16.5. The first kappa shape index (κ1) is 15.5. The minimum absolute atomic E-state index is 0.00481. The number of hydrogen-bond donors (Lipinski definition) is 1. The van der Waals surface area contributed by atoms with Crippen LogP contribution in [0.25, 0.3) is 0 Å². The first-order chi connectivity index (χ1) is 8.99. The smallest absolute Gasteiger partial charge is 0.260 e. The molecule has 0 heterocycles. The van der Waals surface area contributed by atoms with Gasteiger partial charge in [-0.2, -0.15) is 0 Å². The molecule has 0 aliphatic rings. The quantitative estimate of drug-likeness (QED) is 0.858. The number of aliphatic hydroxyl groups is 1. The molecule has 1 rings (SSSR count). The number of likely N-dealkylation sites (N-methyl/N-ethyl adjacent to an activating group) is 1. The van der Waals surface area contributed by atoms with E-state index in [1.54, 1.807) is 11.8 Å². The van der Waals surface area contributed by atoms with Crippen LogP contribution in [0.2, 0.25) is 0 Å². The third-order valence-corrected chi connectivity index (χ3v) is 3.09. The van der Waals surface area contributed by atoms with Gasteiger partial charge in [-0.15, -0.1) is 0 Å². The van der Waals surface area contributed by atoms with Gasteiger partial charge in [0.15, 0.2) is 6.61 Å². The lowest BCUT2D eigenvalue weighted by molar-refractivity contribution is -0.133. The van der Waals surface area contributed by atoms with Crippen LogP contribution in [0.1, 0.15) is 38.0 Å². The maximum absolute atomic E-state index is 11.9. The molecule has 1 aromatic rings. The van der Waals surface area contributed by atoms with Crippen molar-refractivity contribution >= 4 is 5.91 Å². The molecule has 0 unspecified atom stereocenters. The monoisotopic (exact) mass is 265 g/mol. The molecule has 4 heteroatoms. The van der Waals surface area contributed by atoms with Crippen LogP contribution in [0.3, 0.4) is 0 Å². The highest BCUT2D eigenvalue weighted by Gasteiger charge is 2.13. The fourth-order valence-electron chi connectivity index (χ4n) is 1.92. The highest BCUT2D eigenvalue weighted by molar-refractivity contribution is 5.77. The SMILES string of the molecule is CCN(CC)C(=O)COc1cc(C)ccc1[C@@H](C)O. The van der Waals surface area contributed by atoms with E-state index in [9.17, 15) is 9.90 Å². The number of hydrogen-bond acceptors (Lipinski definition) is 3. The summed E-state index contributed by atoms with van der Waals surface area (Å²) in [6, 6.07) is 5.59. The zero-order valence-electron chi connectivity index (χ0n) is 12.1. The molecule has 19 heavy (non-hydrogen) atoms. The average molecular weight is 265 g/mol. The third-order valence-electron chi connectivity index (χ3n) is 3.09. The van der Waals surface area contributed by atoms with Crippen molar-refractivity contribution in [1.29, 1.82) is 0 Å². The minimum atomic E-state index is -0.612. The summed E-state index contributed by atoms with van der Waals surface area (Å²) in [6.07, 6.45) is -0.612. The molecule has 0 aliphatic carbocycles. The van der Waals surface area contributed by atoms with Gasteiger partial charge in [-0.05, 0) is 39.3 Å². The number of benzene rings is 1. The number of carbonyl (C=O) groups excluding carboxylic acids is 1. The van der Waals surface area contributed by atoms with E-state index in [0.29, 0.717) is 24.4 Å². The maximum atomic E-state index is 11.9. The van der Waals surface area contributed by atoms with E-state index in [0.717, 1.165) is 5.56 Å². The predicted octanol–water partition coefficient (Wildman–Crippen LogP) is 2.30. The number of ether oxygens (including phenoxy) is 1. The minimum Gasteiger partial charge on any atom is -0.483 e. The number of nitrogens with zero attached hydrogens (tertiary/aromatic N) is 1. The van der Waals surface area contributed by atoms with Crippen LogP contribution in [-0.2, 0) is 4.79 Å². The largest absolute Gasteiger partial charge is 0.483 e. The standard InChI is InChI=1S/C15H23NO3/c1-5-16(6-2)15(18)10-19-14-9-11(3)7-8-13(14)12(4)17/h7-9,12,17H,5-6,10H2,1-4H3/t12-/m1/s1. The summed E-state index contributed by atoms with van der Waals surface area (Å²) < 4.78 is 5.57. The van der Waals surface area contributed by atoms with Gasteiger partial charge in [-0.1, -0.05) is 12.1 Å². The second-order valence-electron chi connectivity index (χ2n) is 4.57. The van der Waals surface area contributed by atoms with Crippen LogP contribution in [0.15, 0.2) is 18.2 Å². The van der Waals surface area contributed by atoms with Gasteiger partial charge < -0.3 is 14.7 Å². The summed E-state index contributed by atoms with van der Waals surface area (Å²) in [4.78, 5) is 13.6. The molecular weight excluding hydrogens is 242 g/mol. The van der Waals surface area contributed by atoms with Gasteiger partial charge in [-0.25, -0.2) is 0 Å². The lowest BCUT2D eigenvalue weighted by Gasteiger charge is -2.20. The Labute approximate surface area is 115 Å². The van der Waals surface area contributed by atoms with Crippen LogP contribution < -0.4 is 4.74 Å². The molecule has 0 radical (unpaired) electrons.